The van der Waals surface area contributed by atoms with Gasteiger partial charge in [0.05, 0.1) is 18.0 Å². The largest absolute Gasteiger partial charge is 0.284 e. The molecule has 0 saturated carbocycles. The highest BCUT2D eigenvalue weighted by Gasteiger charge is 2.37. The van der Waals surface area contributed by atoms with Gasteiger partial charge in [-0.1, -0.05) is 98.3 Å². The van der Waals surface area contributed by atoms with Gasteiger partial charge in [-0.3, -0.25) is 9.69 Å². The molecule has 0 N–H and O–H groups in total. The maximum atomic E-state index is 13.1. The second-order valence-corrected chi connectivity index (χ2v) is 8.96. The lowest BCUT2D eigenvalue weighted by molar-refractivity contribution is -0.126. The summed E-state index contributed by atoms with van der Waals surface area (Å²) in [6.07, 6.45) is 4.77. The van der Waals surface area contributed by atoms with Crippen LogP contribution in [0.5, 0.6) is 0 Å². The van der Waals surface area contributed by atoms with Gasteiger partial charge in [0.25, 0.3) is 0 Å². The zero-order valence-electron chi connectivity index (χ0n) is 18.0. The number of amides is 1. The second-order valence-electron chi connectivity index (χ2n) is 7.80. The summed E-state index contributed by atoms with van der Waals surface area (Å²) in [4.78, 5) is 14.9. The van der Waals surface area contributed by atoms with Crippen LogP contribution in [0.15, 0.2) is 76.9 Å². The molecule has 1 fully saturated rings. The van der Waals surface area contributed by atoms with E-state index < -0.39 is 0 Å². The average molecular weight is 430 g/mol. The van der Waals surface area contributed by atoms with Crippen molar-refractivity contribution < 1.29 is 4.79 Å². The lowest BCUT2D eigenvalue weighted by Crippen LogP contribution is -2.31. The van der Waals surface area contributed by atoms with Gasteiger partial charge in [0, 0.05) is 5.56 Å². The molecular formula is C26H27N3OS. The van der Waals surface area contributed by atoms with E-state index in [2.05, 4.69) is 54.4 Å². The number of carbonyl (C=O) groups excluding carboxylic acids is 1. The van der Waals surface area contributed by atoms with E-state index in [0.717, 1.165) is 35.8 Å². The first kappa shape index (κ1) is 21.3. The van der Waals surface area contributed by atoms with Crippen LogP contribution in [-0.2, 0) is 11.3 Å². The lowest BCUT2D eigenvalue weighted by atomic mass is 10.1. The van der Waals surface area contributed by atoms with Gasteiger partial charge >= 0.3 is 0 Å². The number of benzene rings is 3. The highest BCUT2D eigenvalue weighted by Crippen LogP contribution is 2.32. The number of hydrogen-bond acceptors (Lipinski definition) is 4. The van der Waals surface area contributed by atoms with Crippen molar-refractivity contribution in [3.8, 4) is 0 Å². The fourth-order valence-corrected chi connectivity index (χ4v) is 4.91. The van der Waals surface area contributed by atoms with Crippen LogP contribution >= 0.6 is 11.8 Å². The minimum absolute atomic E-state index is 0.0736. The van der Waals surface area contributed by atoms with Crippen molar-refractivity contribution >= 4 is 39.8 Å². The van der Waals surface area contributed by atoms with Crippen LogP contribution < -0.4 is 0 Å². The van der Waals surface area contributed by atoms with Crippen molar-refractivity contribution in [3.05, 3.63) is 83.4 Å². The van der Waals surface area contributed by atoms with Gasteiger partial charge < -0.3 is 0 Å². The number of nitrogens with zero attached hydrogens (tertiary/aromatic N) is 3. The van der Waals surface area contributed by atoms with Crippen LogP contribution in [0.3, 0.4) is 0 Å². The molecule has 0 aromatic heterocycles. The SMILES string of the molecule is CCCCC1S/C(=N\N=C\c2cccc3ccccc23)N(Cc2ccccc2C)C1=O. The van der Waals surface area contributed by atoms with E-state index in [4.69, 9.17) is 0 Å². The summed E-state index contributed by atoms with van der Waals surface area (Å²) < 4.78 is 0. The molecule has 3 aromatic carbocycles. The Morgan fingerprint density at radius 3 is 2.65 bits per heavy atom. The smallest absolute Gasteiger partial charge is 0.242 e. The molecule has 4 nitrogen and oxygen atoms in total. The lowest BCUT2D eigenvalue weighted by Gasteiger charge is -2.17. The molecule has 5 heteroatoms. The number of unbranched alkanes of at least 4 members (excludes halogenated alkanes) is 1. The second kappa shape index (κ2) is 9.92. The quantitative estimate of drug-likeness (QED) is 0.333. The molecule has 1 amide bonds. The maximum absolute atomic E-state index is 13.1. The number of hydrogen-bond donors (Lipinski definition) is 0. The number of carbonyl (C=O) groups is 1. The summed E-state index contributed by atoms with van der Waals surface area (Å²) in [5.41, 5.74) is 3.33. The molecule has 1 aliphatic rings. The predicted octanol–water partition coefficient (Wildman–Crippen LogP) is 6.17. The van der Waals surface area contributed by atoms with Crippen molar-refractivity contribution in [2.75, 3.05) is 0 Å². The third-order valence-corrected chi connectivity index (χ3v) is 6.83. The van der Waals surface area contributed by atoms with E-state index in [1.165, 1.54) is 10.9 Å². The van der Waals surface area contributed by atoms with Crippen molar-refractivity contribution in [2.45, 2.75) is 44.9 Å². The van der Waals surface area contributed by atoms with E-state index in [0.29, 0.717) is 11.7 Å². The Kier molecular flexibility index (Phi) is 6.82. The van der Waals surface area contributed by atoms with Gasteiger partial charge in [-0.15, -0.1) is 5.10 Å². The molecule has 1 saturated heterocycles. The molecule has 0 aliphatic carbocycles. The fourth-order valence-electron chi connectivity index (χ4n) is 3.77. The van der Waals surface area contributed by atoms with E-state index in [9.17, 15) is 4.79 Å². The van der Waals surface area contributed by atoms with Crippen LogP contribution in [-0.4, -0.2) is 27.4 Å². The number of thioether (sulfide) groups is 1. The summed E-state index contributed by atoms with van der Waals surface area (Å²) >= 11 is 1.54. The molecule has 4 rings (SSSR count). The molecule has 1 aliphatic heterocycles. The first-order valence-corrected chi connectivity index (χ1v) is 11.7. The minimum atomic E-state index is -0.0736. The molecular weight excluding hydrogens is 402 g/mol. The first-order valence-electron chi connectivity index (χ1n) is 10.8. The molecule has 1 unspecified atom stereocenters. The average Bonchev–Trinajstić information content (AvgIpc) is 3.08. The Bertz CT molecular complexity index is 1130. The van der Waals surface area contributed by atoms with Crippen LogP contribution in [0.1, 0.15) is 42.9 Å². The van der Waals surface area contributed by atoms with Crippen molar-refractivity contribution in [1.82, 2.24) is 4.90 Å². The molecule has 0 bridgehead atoms. The van der Waals surface area contributed by atoms with Gasteiger partial charge in [0.15, 0.2) is 5.17 Å². The number of fused-ring (bicyclic) bond motifs is 1. The van der Waals surface area contributed by atoms with Crippen LogP contribution in [0.2, 0.25) is 0 Å². The Hall–Kier alpha value is -2.92. The minimum Gasteiger partial charge on any atom is -0.284 e. The normalized spacial score (nSPS) is 18.0. The van der Waals surface area contributed by atoms with Crippen molar-refractivity contribution in [1.29, 1.82) is 0 Å². The topological polar surface area (TPSA) is 45.0 Å². The first-order chi connectivity index (χ1) is 15.2. The molecule has 1 atom stereocenters. The Balaban J connectivity index is 1.61. The van der Waals surface area contributed by atoms with Crippen LogP contribution in [0, 0.1) is 6.92 Å². The van der Waals surface area contributed by atoms with Gasteiger partial charge in [-0.25, -0.2) is 0 Å². The van der Waals surface area contributed by atoms with Gasteiger partial charge in [-0.05, 0) is 35.2 Å². The summed E-state index contributed by atoms with van der Waals surface area (Å²) in [7, 11) is 0. The third-order valence-electron chi connectivity index (χ3n) is 5.59. The zero-order chi connectivity index (χ0) is 21.6. The molecule has 158 valence electrons. The molecule has 31 heavy (non-hydrogen) atoms. The Morgan fingerprint density at radius 2 is 1.81 bits per heavy atom. The van der Waals surface area contributed by atoms with E-state index in [1.54, 1.807) is 22.9 Å². The standard InChI is InChI=1S/C26H27N3OS/c1-3-4-16-24-25(30)29(18-22-12-6-5-10-19(22)2)26(31-24)28-27-17-21-14-9-13-20-11-7-8-15-23(20)21/h5-15,17,24H,3-4,16,18H2,1-2H3/b27-17+,28-26-. The van der Waals surface area contributed by atoms with Crippen LogP contribution in [0.4, 0.5) is 0 Å². The van der Waals surface area contributed by atoms with Gasteiger partial charge in [0.1, 0.15) is 0 Å². The van der Waals surface area contributed by atoms with E-state index in [-0.39, 0.29) is 11.2 Å². The number of aryl methyl sites for hydroxylation is 1. The van der Waals surface area contributed by atoms with Gasteiger partial charge in [0.2, 0.25) is 5.91 Å². The molecule has 0 spiro atoms. The van der Waals surface area contributed by atoms with E-state index in [1.807, 2.05) is 36.4 Å². The highest BCUT2D eigenvalue weighted by molar-refractivity contribution is 8.15. The third kappa shape index (κ3) is 4.88. The zero-order valence-corrected chi connectivity index (χ0v) is 18.8. The fraction of sp³-hybridized carbons (Fsp3) is 0.269. The number of amidine groups is 1. The van der Waals surface area contributed by atoms with E-state index >= 15 is 0 Å². The summed E-state index contributed by atoms with van der Waals surface area (Å²) in [6.45, 7) is 4.76. The monoisotopic (exact) mass is 429 g/mol. The summed E-state index contributed by atoms with van der Waals surface area (Å²) in [6, 6.07) is 22.6. The van der Waals surface area contributed by atoms with Crippen molar-refractivity contribution in [2.24, 2.45) is 10.2 Å². The summed E-state index contributed by atoms with van der Waals surface area (Å²) in [5.74, 6) is 0.140. The molecule has 1 heterocycles. The maximum Gasteiger partial charge on any atom is 0.242 e. The van der Waals surface area contributed by atoms with Crippen molar-refractivity contribution in [3.63, 3.8) is 0 Å². The van der Waals surface area contributed by atoms with Gasteiger partial charge in [-0.2, -0.15) is 5.10 Å². The highest BCUT2D eigenvalue weighted by atomic mass is 32.2. The number of rotatable bonds is 7. The predicted molar refractivity (Wildman–Crippen MR) is 132 cm³/mol. The van der Waals surface area contributed by atoms with Crippen LogP contribution in [0.25, 0.3) is 10.8 Å². The Labute approximate surface area is 188 Å². The Morgan fingerprint density at radius 1 is 1.03 bits per heavy atom. The molecule has 3 aromatic rings. The molecule has 0 radical (unpaired) electrons. The summed E-state index contributed by atoms with van der Waals surface area (Å²) in [5, 5.41) is 11.8.